The van der Waals surface area contributed by atoms with Crippen LogP contribution < -0.4 is 11.5 Å². The summed E-state index contributed by atoms with van der Waals surface area (Å²) in [6.45, 7) is 2.55. The lowest BCUT2D eigenvalue weighted by atomic mass is 10.0. The highest BCUT2D eigenvalue weighted by Gasteiger charge is 2.33. The minimum absolute atomic E-state index is 0.362. The van der Waals surface area contributed by atoms with E-state index in [4.69, 9.17) is 11.5 Å². The van der Waals surface area contributed by atoms with E-state index in [1.54, 1.807) is 0 Å². The van der Waals surface area contributed by atoms with Crippen LogP contribution in [0.15, 0.2) is 60.7 Å². The SMILES string of the molecule is NC(=O)[C@H](c1ccccc1)N1CCN([C@H](C(N)=O)c2ccccc2)CC1. The number of nitrogens with zero attached hydrogens (tertiary/aromatic N) is 2. The number of hydrogen-bond donors (Lipinski definition) is 2. The molecule has 6 nitrogen and oxygen atoms in total. The van der Waals surface area contributed by atoms with Gasteiger partial charge in [-0.2, -0.15) is 0 Å². The van der Waals surface area contributed by atoms with Gasteiger partial charge in [0, 0.05) is 26.2 Å². The Morgan fingerprint density at radius 1 is 0.654 bits per heavy atom. The molecule has 0 bridgehead atoms. The molecule has 0 radical (unpaired) electrons. The third kappa shape index (κ3) is 3.92. The summed E-state index contributed by atoms with van der Waals surface area (Å²) in [5.41, 5.74) is 13.1. The van der Waals surface area contributed by atoms with Crippen LogP contribution in [0.3, 0.4) is 0 Å². The summed E-state index contributed by atoms with van der Waals surface area (Å²) in [5, 5.41) is 0. The number of nitrogens with two attached hydrogens (primary N) is 2. The molecule has 2 amide bonds. The Morgan fingerprint density at radius 3 is 1.23 bits per heavy atom. The zero-order valence-corrected chi connectivity index (χ0v) is 14.6. The molecule has 0 spiro atoms. The molecule has 1 aliphatic heterocycles. The fourth-order valence-electron chi connectivity index (χ4n) is 3.63. The minimum atomic E-state index is -0.456. The van der Waals surface area contributed by atoms with Crippen molar-refractivity contribution in [2.75, 3.05) is 26.2 Å². The first kappa shape index (κ1) is 18.1. The van der Waals surface area contributed by atoms with Gasteiger partial charge in [-0.05, 0) is 11.1 Å². The second-order valence-electron chi connectivity index (χ2n) is 6.50. The summed E-state index contributed by atoms with van der Waals surface area (Å²) in [6.07, 6.45) is 0. The van der Waals surface area contributed by atoms with E-state index in [9.17, 15) is 9.59 Å². The molecular formula is C20H24N4O2. The Morgan fingerprint density at radius 2 is 0.962 bits per heavy atom. The summed E-state index contributed by atoms with van der Waals surface area (Å²) in [6, 6.07) is 18.2. The average Bonchev–Trinajstić information content (AvgIpc) is 2.65. The van der Waals surface area contributed by atoms with E-state index < -0.39 is 12.1 Å². The molecule has 26 heavy (non-hydrogen) atoms. The molecule has 136 valence electrons. The molecule has 4 N–H and O–H groups in total. The number of primary amides is 2. The van der Waals surface area contributed by atoms with E-state index in [1.807, 2.05) is 60.7 Å². The van der Waals surface area contributed by atoms with Crippen LogP contribution >= 0.6 is 0 Å². The Labute approximate surface area is 153 Å². The molecule has 6 heteroatoms. The maximum Gasteiger partial charge on any atom is 0.239 e. The average molecular weight is 352 g/mol. The van der Waals surface area contributed by atoms with Crippen LogP contribution in [0.1, 0.15) is 23.2 Å². The summed E-state index contributed by atoms with van der Waals surface area (Å²) >= 11 is 0. The van der Waals surface area contributed by atoms with E-state index >= 15 is 0 Å². The molecule has 1 aliphatic rings. The third-order valence-corrected chi connectivity index (χ3v) is 4.85. The first-order valence-corrected chi connectivity index (χ1v) is 8.74. The van der Waals surface area contributed by atoms with Gasteiger partial charge in [0.2, 0.25) is 11.8 Å². The van der Waals surface area contributed by atoms with Crippen LogP contribution in [0.25, 0.3) is 0 Å². The van der Waals surface area contributed by atoms with E-state index in [1.165, 1.54) is 0 Å². The van der Waals surface area contributed by atoms with Gasteiger partial charge in [-0.3, -0.25) is 19.4 Å². The highest BCUT2D eigenvalue weighted by atomic mass is 16.2. The number of carbonyl (C=O) groups is 2. The predicted octanol–water partition coefficient (Wildman–Crippen LogP) is 1.06. The number of benzene rings is 2. The minimum Gasteiger partial charge on any atom is -0.368 e. The fourth-order valence-corrected chi connectivity index (χ4v) is 3.63. The normalized spacial score (nSPS) is 18.2. The lowest BCUT2D eigenvalue weighted by Gasteiger charge is -2.40. The van der Waals surface area contributed by atoms with E-state index in [2.05, 4.69) is 9.80 Å². The third-order valence-electron chi connectivity index (χ3n) is 4.85. The molecular weight excluding hydrogens is 328 g/mol. The fraction of sp³-hybridized carbons (Fsp3) is 0.300. The topological polar surface area (TPSA) is 92.7 Å². The zero-order chi connectivity index (χ0) is 18.5. The molecule has 3 rings (SSSR count). The number of hydrogen-bond acceptors (Lipinski definition) is 4. The molecule has 0 saturated carbocycles. The number of amides is 2. The Hall–Kier alpha value is -2.70. The van der Waals surface area contributed by atoms with Gasteiger partial charge >= 0.3 is 0 Å². The Kier molecular flexibility index (Phi) is 5.65. The van der Waals surface area contributed by atoms with Gasteiger partial charge in [-0.25, -0.2) is 0 Å². The molecule has 2 aromatic rings. The van der Waals surface area contributed by atoms with E-state index in [0.29, 0.717) is 26.2 Å². The number of carbonyl (C=O) groups excluding carboxylic acids is 2. The second kappa shape index (κ2) is 8.12. The van der Waals surface area contributed by atoms with Gasteiger partial charge < -0.3 is 11.5 Å². The van der Waals surface area contributed by atoms with Crippen molar-refractivity contribution < 1.29 is 9.59 Å². The summed E-state index contributed by atoms with van der Waals surface area (Å²) < 4.78 is 0. The largest absolute Gasteiger partial charge is 0.368 e. The maximum atomic E-state index is 12.0. The lowest BCUT2D eigenvalue weighted by Crippen LogP contribution is -2.52. The van der Waals surface area contributed by atoms with Crippen LogP contribution in [0.2, 0.25) is 0 Å². The quantitative estimate of drug-likeness (QED) is 0.813. The highest BCUT2D eigenvalue weighted by Crippen LogP contribution is 2.26. The second-order valence-corrected chi connectivity index (χ2v) is 6.50. The molecule has 0 aromatic heterocycles. The van der Waals surface area contributed by atoms with Crippen molar-refractivity contribution in [3.8, 4) is 0 Å². The Bertz CT molecular complexity index is 677. The summed E-state index contributed by atoms with van der Waals surface area (Å²) in [7, 11) is 0. The first-order valence-electron chi connectivity index (χ1n) is 8.74. The monoisotopic (exact) mass is 352 g/mol. The number of piperazine rings is 1. The standard InChI is InChI=1S/C20H24N4O2/c21-19(25)17(15-7-3-1-4-8-15)23-11-13-24(14-12-23)18(20(22)26)16-9-5-2-6-10-16/h1-10,17-18H,11-14H2,(H2,21,25)(H2,22,26)/t17-,18-/m0/s1. The van der Waals surface area contributed by atoms with Crippen LogP contribution in [0.5, 0.6) is 0 Å². The van der Waals surface area contributed by atoms with Crippen LogP contribution in [0.4, 0.5) is 0 Å². The smallest absolute Gasteiger partial charge is 0.239 e. The maximum absolute atomic E-state index is 12.0. The van der Waals surface area contributed by atoms with Gasteiger partial charge in [-0.15, -0.1) is 0 Å². The van der Waals surface area contributed by atoms with Crippen LogP contribution in [-0.2, 0) is 9.59 Å². The van der Waals surface area contributed by atoms with Gasteiger partial charge in [0.05, 0.1) is 0 Å². The molecule has 2 aromatic carbocycles. The number of rotatable bonds is 6. The van der Waals surface area contributed by atoms with Crippen molar-refractivity contribution in [3.05, 3.63) is 71.8 Å². The van der Waals surface area contributed by atoms with Gasteiger partial charge in [0.25, 0.3) is 0 Å². The van der Waals surface area contributed by atoms with Gasteiger partial charge in [0.1, 0.15) is 12.1 Å². The van der Waals surface area contributed by atoms with Crippen molar-refractivity contribution >= 4 is 11.8 Å². The van der Waals surface area contributed by atoms with Crippen molar-refractivity contribution in [3.63, 3.8) is 0 Å². The lowest BCUT2D eigenvalue weighted by molar-refractivity contribution is -0.127. The summed E-state index contributed by atoms with van der Waals surface area (Å²) in [4.78, 5) is 28.2. The predicted molar refractivity (Wildman–Crippen MR) is 99.9 cm³/mol. The Balaban J connectivity index is 1.73. The van der Waals surface area contributed by atoms with Crippen molar-refractivity contribution in [2.45, 2.75) is 12.1 Å². The molecule has 2 atom stereocenters. The van der Waals surface area contributed by atoms with Crippen molar-refractivity contribution in [1.82, 2.24) is 9.80 Å². The molecule has 1 heterocycles. The van der Waals surface area contributed by atoms with E-state index in [-0.39, 0.29) is 11.8 Å². The van der Waals surface area contributed by atoms with Crippen LogP contribution in [-0.4, -0.2) is 47.8 Å². The molecule has 0 aliphatic carbocycles. The van der Waals surface area contributed by atoms with Gasteiger partial charge in [-0.1, -0.05) is 60.7 Å². The van der Waals surface area contributed by atoms with Crippen molar-refractivity contribution in [1.29, 1.82) is 0 Å². The van der Waals surface area contributed by atoms with Crippen LogP contribution in [0, 0.1) is 0 Å². The highest BCUT2D eigenvalue weighted by molar-refractivity contribution is 5.82. The zero-order valence-electron chi connectivity index (χ0n) is 14.6. The molecule has 1 saturated heterocycles. The molecule has 0 unspecified atom stereocenters. The first-order chi connectivity index (χ1) is 12.6. The summed E-state index contributed by atoms with van der Waals surface area (Å²) in [5.74, 6) is -0.724. The van der Waals surface area contributed by atoms with Crippen molar-refractivity contribution in [2.24, 2.45) is 11.5 Å². The molecule has 1 fully saturated rings. The van der Waals surface area contributed by atoms with E-state index in [0.717, 1.165) is 11.1 Å². The van der Waals surface area contributed by atoms with Gasteiger partial charge in [0.15, 0.2) is 0 Å².